The minimum absolute atomic E-state index is 0.421. The van der Waals surface area contributed by atoms with Gasteiger partial charge >= 0.3 is 0 Å². The highest BCUT2D eigenvalue weighted by molar-refractivity contribution is 5.29. The molecule has 1 N–H and O–H groups in total. The predicted octanol–water partition coefficient (Wildman–Crippen LogP) is 3.28. The Kier molecular flexibility index (Phi) is 5.57. The van der Waals surface area contributed by atoms with Gasteiger partial charge in [0, 0.05) is 31.4 Å². The summed E-state index contributed by atoms with van der Waals surface area (Å²) in [7, 11) is 2.04. The van der Waals surface area contributed by atoms with E-state index in [0.29, 0.717) is 6.04 Å². The number of aromatic nitrogens is 2. The van der Waals surface area contributed by atoms with E-state index >= 15 is 0 Å². The zero-order valence-corrected chi connectivity index (χ0v) is 13.7. The van der Waals surface area contributed by atoms with Gasteiger partial charge in [0.25, 0.3) is 0 Å². The lowest BCUT2D eigenvalue weighted by Crippen LogP contribution is -2.31. The van der Waals surface area contributed by atoms with Crippen molar-refractivity contribution in [1.29, 1.82) is 0 Å². The fraction of sp³-hybridized carbons (Fsp3) is 0.500. The Bertz CT molecular complexity index is 551. The summed E-state index contributed by atoms with van der Waals surface area (Å²) in [6.07, 6.45) is 7.15. The van der Waals surface area contributed by atoms with Gasteiger partial charge in [-0.2, -0.15) is 0 Å². The van der Waals surface area contributed by atoms with Crippen LogP contribution in [0.3, 0.4) is 0 Å². The van der Waals surface area contributed by atoms with E-state index in [1.165, 1.54) is 22.5 Å². The Morgan fingerprint density at radius 2 is 1.86 bits per heavy atom. The molecule has 2 aromatic rings. The molecule has 3 nitrogen and oxygen atoms in total. The minimum atomic E-state index is 0.421. The van der Waals surface area contributed by atoms with Gasteiger partial charge in [-0.25, -0.2) is 4.98 Å². The number of aryl methyl sites for hydroxylation is 3. The summed E-state index contributed by atoms with van der Waals surface area (Å²) in [5, 5.41) is 3.44. The van der Waals surface area contributed by atoms with Gasteiger partial charge in [-0.05, 0) is 39.3 Å². The number of rotatable bonds is 7. The lowest BCUT2D eigenvalue weighted by Gasteiger charge is -2.17. The summed E-state index contributed by atoms with van der Waals surface area (Å²) in [6.45, 7) is 7.59. The van der Waals surface area contributed by atoms with Gasteiger partial charge in [-0.1, -0.05) is 36.2 Å². The summed E-state index contributed by atoms with van der Waals surface area (Å²) in [5.41, 5.74) is 4.08. The van der Waals surface area contributed by atoms with Crippen LogP contribution in [0.25, 0.3) is 0 Å². The third-order valence-electron chi connectivity index (χ3n) is 3.87. The smallest absolute Gasteiger partial charge is 0.110 e. The molecular formula is C18H27N3. The second kappa shape index (κ2) is 7.41. The highest BCUT2D eigenvalue weighted by Gasteiger charge is 2.12. The van der Waals surface area contributed by atoms with Crippen molar-refractivity contribution in [2.24, 2.45) is 0 Å². The van der Waals surface area contributed by atoms with Crippen molar-refractivity contribution in [1.82, 2.24) is 14.9 Å². The Hall–Kier alpha value is -1.61. The van der Waals surface area contributed by atoms with Gasteiger partial charge < -0.3 is 9.88 Å². The largest absolute Gasteiger partial charge is 0.335 e. The quantitative estimate of drug-likeness (QED) is 0.846. The van der Waals surface area contributed by atoms with E-state index in [-0.39, 0.29) is 0 Å². The molecule has 0 fully saturated rings. The summed E-state index contributed by atoms with van der Waals surface area (Å²) in [6, 6.07) is 7.22. The fourth-order valence-corrected chi connectivity index (χ4v) is 2.94. The van der Waals surface area contributed by atoms with Crippen LogP contribution in [0.15, 0.2) is 30.6 Å². The zero-order valence-electron chi connectivity index (χ0n) is 13.7. The first-order chi connectivity index (χ1) is 10.1. The molecule has 0 radical (unpaired) electrons. The van der Waals surface area contributed by atoms with Crippen LogP contribution in [0.4, 0.5) is 0 Å². The lowest BCUT2D eigenvalue weighted by atomic mass is 9.99. The molecule has 1 aromatic carbocycles. The van der Waals surface area contributed by atoms with E-state index in [2.05, 4.69) is 60.0 Å². The number of likely N-dealkylation sites (N-methyl/N-ethyl adjacent to an activating group) is 1. The Morgan fingerprint density at radius 1 is 1.14 bits per heavy atom. The number of hydrogen-bond acceptors (Lipinski definition) is 2. The highest BCUT2D eigenvalue weighted by Crippen LogP contribution is 2.13. The second-order valence-electron chi connectivity index (χ2n) is 5.93. The van der Waals surface area contributed by atoms with E-state index in [4.69, 9.17) is 0 Å². The normalized spacial score (nSPS) is 12.6. The van der Waals surface area contributed by atoms with Crippen molar-refractivity contribution in [2.75, 3.05) is 7.05 Å². The molecule has 0 aliphatic heterocycles. The molecule has 0 aliphatic rings. The number of nitrogens with zero attached hydrogens (tertiary/aromatic N) is 2. The van der Waals surface area contributed by atoms with Crippen LogP contribution >= 0.6 is 0 Å². The first-order valence-corrected chi connectivity index (χ1v) is 7.86. The number of hydrogen-bond donors (Lipinski definition) is 1. The monoisotopic (exact) mass is 285 g/mol. The summed E-state index contributed by atoms with van der Waals surface area (Å²) in [4.78, 5) is 4.52. The summed E-state index contributed by atoms with van der Waals surface area (Å²) >= 11 is 0. The van der Waals surface area contributed by atoms with Crippen molar-refractivity contribution >= 4 is 0 Å². The van der Waals surface area contributed by atoms with E-state index < -0.39 is 0 Å². The third-order valence-corrected chi connectivity index (χ3v) is 3.87. The van der Waals surface area contributed by atoms with Gasteiger partial charge in [0.15, 0.2) is 0 Å². The van der Waals surface area contributed by atoms with Crippen molar-refractivity contribution < 1.29 is 0 Å². The Balaban J connectivity index is 2.07. The van der Waals surface area contributed by atoms with Crippen LogP contribution in [0, 0.1) is 13.8 Å². The molecule has 0 aliphatic carbocycles. The van der Waals surface area contributed by atoms with Crippen LogP contribution in [0.1, 0.15) is 35.9 Å². The molecule has 0 saturated heterocycles. The van der Waals surface area contributed by atoms with Gasteiger partial charge in [0.2, 0.25) is 0 Å². The van der Waals surface area contributed by atoms with E-state index in [0.717, 1.165) is 25.8 Å². The van der Waals surface area contributed by atoms with Gasteiger partial charge in [0.1, 0.15) is 5.82 Å². The molecule has 114 valence electrons. The maximum absolute atomic E-state index is 4.52. The van der Waals surface area contributed by atoms with Crippen molar-refractivity contribution in [3.8, 4) is 0 Å². The van der Waals surface area contributed by atoms with E-state index in [9.17, 15) is 0 Å². The first-order valence-electron chi connectivity index (χ1n) is 7.86. The number of imidazole rings is 1. The van der Waals surface area contributed by atoms with Crippen LogP contribution in [-0.2, 0) is 19.4 Å². The molecule has 1 aromatic heterocycles. The van der Waals surface area contributed by atoms with Crippen LogP contribution in [0.5, 0.6) is 0 Å². The molecular weight excluding hydrogens is 258 g/mol. The van der Waals surface area contributed by atoms with E-state index in [1.54, 1.807) is 0 Å². The van der Waals surface area contributed by atoms with Crippen molar-refractivity contribution in [3.63, 3.8) is 0 Å². The summed E-state index contributed by atoms with van der Waals surface area (Å²) in [5.74, 6) is 1.18. The predicted molar refractivity (Wildman–Crippen MR) is 88.7 cm³/mol. The van der Waals surface area contributed by atoms with Crippen LogP contribution in [0.2, 0.25) is 0 Å². The lowest BCUT2D eigenvalue weighted by molar-refractivity contribution is 0.520. The van der Waals surface area contributed by atoms with Crippen molar-refractivity contribution in [3.05, 3.63) is 53.1 Å². The molecule has 2 rings (SSSR count). The van der Waals surface area contributed by atoms with Gasteiger partial charge in [-0.3, -0.25) is 0 Å². The van der Waals surface area contributed by atoms with Crippen LogP contribution in [-0.4, -0.2) is 22.6 Å². The third kappa shape index (κ3) is 4.43. The molecule has 1 heterocycles. The standard InChI is InChI=1S/C18H27N3/c1-5-7-21-8-6-20-18(21)13-17(19-4)12-16-10-14(2)9-15(3)11-16/h6,8-11,17,19H,5,7,12-13H2,1-4H3. The van der Waals surface area contributed by atoms with E-state index in [1.807, 2.05) is 13.2 Å². The second-order valence-corrected chi connectivity index (χ2v) is 5.93. The molecule has 0 amide bonds. The SMILES string of the molecule is CCCn1ccnc1CC(Cc1cc(C)cc(C)c1)NC. The molecule has 21 heavy (non-hydrogen) atoms. The average Bonchev–Trinajstić information content (AvgIpc) is 2.84. The number of nitrogens with one attached hydrogen (secondary N) is 1. The van der Waals surface area contributed by atoms with Crippen molar-refractivity contribution in [2.45, 2.75) is 52.6 Å². The van der Waals surface area contributed by atoms with Crippen LogP contribution < -0.4 is 5.32 Å². The zero-order chi connectivity index (χ0) is 15.2. The van der Waals surface area contributed by atoms with Gasteiger partial charge in [-0.15, -0.1) is 0 Å². The Morgan fingerprint density at radius 3 is 2.48 bits per heavy atom. The molecule has 0 spiro atoms. The molecule has 1 unspecified atom stereocenters. The highest BCUT2D eigenvalue weighted by atomic mass is 15.1. The molecule has 3 heteroatoms. The number of benzene rings is 1. The average molecular weight is 285 g/mol. The maximum Gasteiger partial charge on any atom is 0.110 e. The topological polar surface area (TPSA) is 29.9 Å². The maximum atomic E-state index is 4.52. The minimum Gasteiger partial charge on any atom is -0.335 e. The first kappa shape index (κ1) is 15.8. The summed E-state index contributed by atoms with van der Waals surface area (Å²) < 4.78 is 2.27. The van der Waals surface area contributed by atoms with Gasteiger partial charge in [0.05, 0.1) is 0 Å². The molecule has 1 atom stereocenters. The fourth-order valence-electron chi connectivity index (χ4n) is 2.94. The molecule has 0 saturated carbocycles. The Labute approximate surface area is 128 Å². The molecule has 0 bridgehead atoms.